The number of carbonyl (C=O) groups excluding carboxylic acids is 1. The van der Waals surface area contributed by atoms with Crippen LogP contribution in [0.25, 0.3) is 0 Å². The van der Waals surface area contributed by atoms with Crippen LogP contribution in [0.3, 0.4) is 0 Å². The molecule has 5 heteroatoms. The van der Waals surface area contributed by atoms with Gasteiger partial charge >= 0.3 is 5.97 Å². The van der Waals surface area contributed by atoms with Gasteiger partial charge in [0.05, 0.1) is 5.75 Å². The van der Waals surface area contributed by atoms with Gasteiger partial charge in [0.25, 0.3) is 0 Å². The van der Waals surface area contributed by atoms with Crippen LogP contribution in [-0.4, -0.2) is 33.0 Å². The van der Waals surface area contributed by atoms with E-state index in [0.29, 0.717) is 24.5 Å². The van der Waals surface area contributed by atoms with Gasteiger partial charge < -0.3 is 10.4 Å². The molecule has 2 N–H and O–H groups in total. The average Bonchev–Trinajstić information content (AvgIpc) is 2.29. The lowest BCUT2D eigenvalue weighted by Gasteiger charge is -2.36. The minimum atomic E-state index is -1.04. The molecule has 4 nitrogen and oxygen atoms in total. The number of amides is 1. The van der Waals surface area contributed by atoms with E-state index in [1.807, 2.05) is 20.8 Å². The molecule has 19 heavy (non-hydrogen) atoms. The summed E-state index contributed by atoms with van der Waals surface area (Å²) in [6.45, 7) is 8.25. The van der Waals surface area contributed by atoms with E-state index in [9.17, 15) is 14.7 Å². The van der Waals surface area contributed by atoms with E-state index in [4.69, 9.17) is 0 Å². The van der Waals surface area contributed by atoms with Crippen molar-refractivity contribution in [2.75, 3.05) is 5.75 Å². The van der Waals surface area contributed by atoms with Crippen LogP contribution in [0.5, 0.6) is 0 Å². The summed E-state index contributed by atoms with van der Waals surface area (Å²) in [6.07, 6.45) is 2.79. The fourth-order valence-electron chi connectivity index (χ4n) is 2.23. The minimum Gasteiger partial charge on any atom is -0.480 e. The number of hydrogen-bond acceptors (Lipinski definition) is 3. The Bertz CT molecular complexity index is 341. The third-order valence-corrected chi connectivity index (χ3v) is 4.82. The molecule has 0 spiro atoms. The van der Waals surface area contributed by atoms with Crippen LogP contribution in [0.4, 0.5) is 0 Å². The highest BCUT2D eigenvalue weighted by molar-refractivity contribution is 8.01. The maximum Gasteiger partial charge on any atom is 0.329 e. The molecule has 1 amide bonds. The van der Waals surface area contributed by atoms with E-state index in [2.05, 4.69) is 12.2 Å². The van der Waals surface area contributed by atoms with Crippen LogP contribution in [0.1, 0.15) is 53.4 Å². The Kier molecular flexibility index (Phi) is 5.30. The Morgan fingerprint density at radius 1 is 1.32 bits per heavy atom. The summed E-state index contributed by atoms with van der Waals surface area (Å²) in [6, 6.07) is 0. The number of carboxylic acid groups (broad SMARTS) is 1. The van der Waals surface area contributed by atoms with Crippen molar-refractivity contribution in [1.82, 2.24) is 5.32 Å². The quantitative estimate of drug-likeness (QED) is 0.834. The third kappa shape index (κ3) is 5.05. The molecule has 0 aromatic heterocycles. The molecule has 0 aliphatic heterocycles. The highest BCUT2D eigenvalue weighted by Gasteiger charge is 2.42. The first kappa shape index (κ1) is 16.3. The van der Waals surface area contributed by atoms with Gasteiger partial charge in [-0.2, -0.15) is 0 Å². The van der Waals surface area contributed by atoms with E-state index >= 15 is 0 Å². The maximum absolute atomic E-state index is 12.0. The average molecular weight is 287 g/mol. The lowest BCUT2D eigenvalue weighted by atomic mass is 9.77. The Balaban J connectivity index is 2.59. The number of carboxylic acids is 1. The molecule has 0 heterocycles. The second-order valence-corrected chi connectivity index (χ2v) is 8.32. The summed E-state index contributed by atoms with van der Waals surface area (Å²) in [4.78, 5) is 23.5. The van der Waals surface area contributed by atoms with Gasteiger partial charge in [0.15, 0.2) is 0 Å². The Morgan fingerprint density at radius 2 is 1.84 bits per heavy atom. The number of aliphatic carboxylic acids is 1. The molecular weight excluding hydrogens is 262 g/mol. The van der Waals surface area contributed by atoms with Crippen molar-refractivity contribution in [1.29, 1.82) is 0 Å². The summed E-state index contributed by atoms with van der Waals surface area (Å²) >= 11 is 1.54. The molecule has 0 atom stereocenters. The Morgan fingerprint density at radius 3 is 2.26 bits per heavy atom. The number of rotatable bonds is 4. The third-order valence-electron chi connectivity index (χ3n) is 3.55. The smallest absolute Gasteiger partial charge is 0.329 e. The number of carbonyl (C=O) groups is 2. The van der Waals surface area contributed by atoms with Gasteiger partial charge in [-0.15, -0.1) is 11.8 Å². The molecule has 1 fully saturated rings. The zero-order chi connectivity index (χ0) is 14.7. The second kappa shape index (κ2) is 6.16. The molecule has 0 aromatic rings. The van der Waals surface area contributed by atoms with Gasteiger partial charge in [0.2, 0.25) is 5.91 Å². The summed E-state index contributed by atoms with van der Waals surface area (Å²) in [7, 11) is 0. The van der Waals surface area contributed by atoms with Crippen molar-refractivity contribution in [3.05, 3.63) is 0 Å². The molecule has 1 aliphatic rings. The second-order valence-electron chi connectivity index (χ2n) is 6.52. The van der Waals surface area contributed by atoms with Crippen LogP contribution < -0.4 is 5.32 Å². The zero-order valence-electron chi connectivity index (χ0n) is 12.3. The van der Waals surface area contributed by atoms with Crippen molar-refractivity contribution in [2.24, 2.45) is 5.92 Å². The predicted octanol–water partition coefficient (Wildman–Crippen LogP) is 2.67. The Labute approximate surface area is 119 Å². The van der Waals surface area contributed by atoms with Crippen LogP contribution in [0, 0.1) is 5.92 Å². The van der Waals surface area contributed by atoms with E-state index in [0.717, 1.165) is 12.8 Å². The van der Waals surface area contributed by atoms with Crippen molar-refractivity contribution in [2.45, 2.75) is 63.7 Å². The van der Waals surface area contributed by atoms with Crippen LogP contribution in [-0.2, 0) is 9.59 Å². The van der Waals surface area contributed by atoms with Gasteiger partial charge in [0, 0.05) is 4.75 Å². The molecule has 1 rings (SSSR count). The number of nitrogens with one attached hydrogen (secondary N) is 1. The van der Waals surface area contributed by atoms with Gasteiger partial charge in [-0.25, -0.2) is 4.79 Å². The van der Waals surface area contributed by atoms with Crippen LogP contribution >= 0.6 is 11.8 Å². The number of thioether (sulfide) groups is 1. The molecule has 0 unspecified atom stereocenters. The fourth-order valence-corrected chi connectivity index (χ4v) is 2.87. The lowest BCUT2D eigenvalue weighted by Crippen LogP contribution is -2.56. The summed E-state index contributed by atoms with van der Waals surface area (Å²) in [5.74, 6) is -0.202. The van der Waals surface area contributed by atoms with Crippen molar-refractivity contribution in [3.8, 4) is 0 Å². The van der Waals surface area contributed by atoms with Crippen LogP contribution in [0.2, 0.25) is 0 Å². The highest BCUT2D eigenvalue weighted by atomic mass is 32.2. The van der Waals surface area contributed by atoms with Gasteiger partial charge in [0.1, 0.15) is 5.54 Å². The Hall–Kier alpha value is -0.710. The molecule has 0 saturated heterocycles. The summed E-state index contributed by atoms with van der Waals surface area (Å²) in [5, 5.41) is 12.2. The molecule has 0 bridgehead atoms. The van der Waals surface area contributed by atoms with E-state index < -0.39 is 11.5 Å². The lowest BCUT2D eigenvalue weighted by molar-refractivity contribution is -0.149. The van der Waals surface area contributed by atoms with Gasteiger partial charge in [-0.1, -0.05) is 27.7 Å². The molecular formula is C14H25NO3S. The number of hydrogen-bond donors (Lipinski definition) is 2. The topological polar surface area (TPSA) is 66.4 Å². The minimum absolute atomic E-state index is 0.00874. The molecule has 110 valence electrons. The SMILES string of the molecule is CC1CCC(NC(=O)CSC(C)(C)C)(C(=O)O)CC1. The predicted molar refractivity (Wildman–Crippen MR) is 78.4 cm³/mol. The molecule has 1 aliphatic carbocycles. The highest BCUT2D eigenvalue weighted by Crippen LogP contribution is 2.32. The molecule has 0 aromatic carbocycles. The van der Waals surface area contributed by atoms with Gasteiger partial charge in [-0.05, 0) is 31.6 Å². The first-order chi connectivity index (χ1) is 8.65. The van der Waals surface area contributed by atoms with Crippen molar-refractivity contribution >= 4 is 23.6 Å². The fraction of sp³-hybridized carbons (Fsp3) is 0.857. The zero-order valence-corrected chi connectivity index (χ0v) is 13.1. The normalized spacial score (nSPS) is 27.9. The monoisotopic (exact) mass is 287 g/mol. The molecule has 0 radical (unpaired) electrons. The first-order valence-corrected chi connectivity index (χ1v) is 7.81. The van der Waals surface area contributed by atoms with E-state index in [1.165, 1.54) is 11.8 Å². The van der Waals surface area contributed by atoms with E-state index in [-0.39, 0.29) is 10.7 Å². The van der Waals surface area contributed by atoms with Crippen LogP contribution in [0.15, 0.2) is 0 Å². The van der Waals surface area contributed by atoms with E-state index in [1.54, 1.807) is 0 Å². The first-order valence-electron chi connectivity index (χ1n) is 6.83. The van der Waals surface area contributed by atoms with Crippen molar-refractivity contribution in [3.63, 3.8) is 0 Å². The summed E-state index contributed by atoms with van der Waals surface area (Å²) in [5.41, 5.74) is -1.04. The molecule has 1 saturated carbocycles. The van der Waals surface area contributed by atoms with Gasteiger partial charge in [-0.3, -0.25) is 4.79 Å². The largest absolute Gasteiger partial charge is 0.480 e. The van der Waals surface area contributed by atoms with Crippen molar-refractivity contribution < 1.29 is 14.7 Å². The standard InChI is InChI=1S/C14H25NO3S/c1-10-5-7-14(8-6-10,12(17)18)15-11(16)9-19-13(2,3)4/h10H,5-9H2,1-4H3,(H,15,16)(H,17,18). The maximum atomic E-state index is 12.0. The summed E-state index contributed by atoms with van der Waals surface area (Å²) < 4.78 is 0.00874.